The van der Waals surface area contributed by atoms with E-state index < -0.39 is 0 Å². The Kier molecular flexibility index (Phi) is 14.0. The number of benzene rings is 10. The van der Waals surface area contributed by atoms with Gasteiger partial charge in [-0.1, -0.05) is 177 Å². The summed E-state index contributed by atoms with van der Waals surface area (Å²) in [5.74, 6) is 1.02. The molecule has 0 atom stereocenters. The van der Waals surface area contributed by atoms with E-state index in [-0.39, 0.29) is 44.7 Å². The summed E-state index contributed by atoms with van der Waals surface area (Å²) in [4.78, 5) is 4.60. The number of nitrogens with zero attached hydrogens (tertiary/aromatic N) is 2. The second kappa shape index (κ2) is 20.8. The van der Waals surface area contributed by atoms with Crippen molar-refractivity contribution in [2.45, 2.75) is 77.0 Å². The zero-order valence-corrected chi connectivity index (χ0v) is 45.8. The van der Waals surface area contributed by atoms with Crippen LogP contribution in [0, 0.1) is 0 Å². The largest absolute Gasteiger partial charge is 0.508 e. The smallest absolute Gasteiger partial charge is 0.115 e. The van der Waals surface area contributed by atoms with Gasteiger partial charge in [0.1, 0.15) is 23.0 Å². The Labute approximate surface area is 460 Å². The van der Waals surface area contributed by atoms with Crippen molar-refractivity contribution in [2.24, 2.45) is 0 Å². The van der Waals surface area contributed by atoms with Crippen LogP contribution in [0.5, 0.6) is 23.0 Å². The number of phenols is 4. The normalized spacial score (nSPS) is 12.1. The van der Waals surface area contributed by atoms with Crippen molar-refractivity contribution in [3.05, 3.63) is 287 Å². The fourth-order valence-electron chi connectivity index (χ4n) is 10.8. The molecule has 0 spiro atoms. The van der Waals surface area contributed by atoms with E-state index in [2.05, 4.69) is 211 Å². The Morgan fingerprint density at radius 1 is 0.192 bits per heavy atom. The van der Waals surface area contributed by atoms with Crippen LogP contribution in [0.25, 0.3) is 11.1 Å². The van der Waals surface area contributed by atoms with Crippen molar-refractivity contribution in [1.82, 2.24) is 0 Å². The molecule has 0 saturated heterocycles. The fourth-order valence-corrected chi connectivity index (χ4v) is 10.8. The van der Waals surface area contributed by atoms with Crippen LogP contribution in [0.3, 0.4) is 0 Å². The summed E-state index contributed by atoms with van der Waals surface area (Å²) in [5.41, 5.74) is 16.3. The molecule has 6 nitrogen and oxygen atoms in total. The van der Waals surface area contributed by atoms with Gasteiger partial charge < -0.3 is 30.2 Å². The number of anilines is 6. The van der Waals surface area contributed by atoms with E-state index in [0.29, 0.717) is 0 Å². The van der Waals surface area contributed by atoms with Gasteiger partial charge in [0.2, 0.25) is 0 Å². The number of rotatable bonds is 15. The molecule has 6 heteroatoms. The monoisotopic (exact) mass is 1020 g/mol. The number of hydrogen-bond donors (Lipinski definition) is 4. The molecule has 0 amide bonds. The van der Waals surface area contributed by atoms with Gasteiger partial charge in [-0.2, -0.15) is 0 Å². The van der Waals surface area contributed by atoms with Crippen molar-refractivity contribution >= 4 is 34.1 Å². The molecule has 10 aromatic rings. The van der Waals surface area contributed by atoms with E-state index in [1.165, 1.54) is 22.3 Å². The van der Waals surface area contributed by atoms with Crippen LogP contribution in [0.2, 0.25) is 0 Å². The first kappa shape index (κ1) is 52.4. The molecule has 0 aliphatic heterocycles. The molecule has 0 aliphatic carbocycles. The average Bonchev–Trinajstić information content (AvgIpc) is 3.46. The van der Waals surface area contributed by atoms with E-state index in [1.54, 1.807) is 48.5 Å². The van der Waals surface area contributed by atoms with Crippen molar-refractivity contribution in [3.8, 4) is 34.1 Å². The summed E-state index contributed by atoms with van der Waals surface area (Å²) >= 11 is 0. The summed E-state index contributed by atoms with van der Waals surface area (Å²) < 4.78 is 0. The zero-order chi connectivity index (χ0) is 55.0. The second-order valence-electron chi connectivity index (χ2n) is 22.6. The van der Waals surface area contributed by atoms with Crippen LogP contribution in [0.1, 0.15) is 99.9 Å². The van der Waals surface area contributed by atoms with E-state index >= 15 is 0 Å². The molecular weight excluding hydrogens is 957 g/mol. The Balaban J connectivity index is 0.975. The molecule has 0 unspecified atom stereocenters. The van der Waals surface area contributed by atoms with Crippen LogP contribution < -0.4 is 9.80 Å². The number of phenolic OH excluding ortho intramolecular Hbond substituents is 4. The standard InChI is InChI=1S/C72H68N2O4/c1-69(2,55-21-41-65(75)42-22-55)51-13-33-61(34-14-51)73(62-35-15-52(16-36-62)70(3,4)56-23-43-66(76)44-24-56)59-29-9-49(10-30-59)50-11-31-60(32-12-50)74(63-37-17-53(18-38-63)71(5,6)57-25-45-67(77)46-26-57)64-39-19-54(20-40-64)72(7,8)58-27-47-68(78)48-28-58/h9-48,75-78H,1-8H3. The van der Waals surface area contributed by atoms with Crippen LogP contribution in [-0.4, -0.2) is 20.4 Å². The van der Waals surface area contributed by atoms with Crippen LogP contribution in [0.15, 0.2) is 243 Å². The van der Waals surface area contributed by atoms with Gasteiger partial charge in [0.05, 0.1) is 0 Å². The highest BCUT2D eigenvalue weighted by molar-refractivity contribution is 5.81. The van der Waals surface area contributed by atoms with E-state index in [0.717, 1.165) is 67.5 Å². The quantitative estimate of drug-likeness (QED) is 0.0818. The molecule has 0 radical (unpaired) electrons. The first-order valence-electron chi connectivity index (χ1n) is 26.7. The van der Waals surface area contributed by atoms with Crippen molar-refractivity contribution < 1.29 is 20.4 Å². The third-order valence-corrected chi connectivity index (χ3v) is 16.3. The molecule has 390 valence electrons. The maximum Gasteiger partial charge on any atom is 0.115 e. The minimum Gasteiger partial charge on any atom is -0.508 e. The van der Waals surface area contributed by atoms with Crippen LogP contribution in [-0.2, 0) is 21.7 Å². The molecule has 0 bridgehead atoms. The summed E-state index contributed by atoms with van der Waals surface area (Å²) in [6, 6.07) is 82.7. The zero-order valence-electron chi connectivity index (χ0n) is 45.8. The summed E-state index contributed by atoms with van der Waals surface area (Å²) in [5, 5.41) is 40.1. The molecule has 78 heavy (non-hydrogen) atoms. The Hall–Kier alpha value is -9.00. The third-order valence-electron chi connectivity index (χ3n) is 16.3. The van der Waals surface area contributed by atoms with E-state index in [9.17, 15) is 20.4 Å². The number of hydrogen-bond acceptors (Lipinski definition) is 6. The van der Waals surface area contributed by atoms with Crippen molar-refractivity contribution in [3.63, 3.8) is 0 Å². The Bertz CT molecular complexity index is 3170. The van der Waals surface area contributed by atoms with Gasteiger partial charge in [0.15, 0.2) is 0 Å². The van der Waals surface area contributed by atoms with Crippen LogP contribution >= 0.6 is 0 Å². The SMILES string of the molecule is CC(C)(c1ccc(O)cc1)c1ccc(N(c2ccc(-c3ccc(N(c4ccc(C(C)(C)c5ccc(O)cc5)cc4)c4ccc(C(C)(C)c5ccc(O)cc5)cc4)cc3)cc2)c2ccc(C(C)(C)c3ccc(O)cc3)cc2)cc1. The van der Waals surface area contributed by atoms with Gasteiger partial charge in [-0.15, -0.1) is 0 Å². The topological polar surface area (TPSA) is 87.4 Å². The fraction of sp³-hybridized carbons (Fsp3) is 0.167. The number of aromatic hydroxyl groups is 4. The minimum atomic E-state index is -0.290. The third kappa shape index (κ3) is 10.5. The molecule has 0 saturated carbocycles. The van der Waals surface area contributed by atoms with Crippen molar-refractivity contribution in [1.29, 1.82) is 0 Å². The highest BCUT2D eigenvalue weighted by Crippen LogP contribution is 2.43. The van der Waals surface area contributed by atoms with Gasteiger partial charge >= 0.3 is 0 Å². The molecule has 0 fully saturated rings. The maximum atomic E-state index is 10.0. The maximum absolute atomic E-state index is 10.0. The highest BCUT2D eigenvalue weighted by atomic mass is 16.3. The summed E-state index contributed by atoms with van der Waals surface area (Å²) in [7, 11) is 0. The van der Waals surface area contributed by atoms with Gasteiger partial charge in [-0.05, 0) is 177 Å². The predicted octanol–water partition coefficient (Wildman–Crippen LogP) is 18.4. The lowest BCUT2D eigenvalue weighted by atomic mass is 9.78. The minimum absolute atomic E-state index is 0.254. The molecule has 4 N–H and O–H groups in total. The molecular formula is C72H68N2O4. The van der Waals surface area contributed by atoms with Gasteiger partial charge in [-0.3, -0.25) is 0 Å². The first-order chi connectivity index (χ1) is 37.3. The molecule has 10 rings (SSSR count). The van der Waals surface area contributed by atoms with Gasteiger partial charge in [-0.25, -0.2) is 0 Å². The van der Waals surface area contributed by atoms with Crippen molar-refractivity contribution in [2.75, 3.05) is 9.80 Å². The van der Waals surface area contributed by atoms with E-state index in [4.69, 9.17) is 0 Å². The predicted molar refractivity (Wildman–Crippen MR) is 322 cm³/mol. The van der Waals surface area contributed by atoms with E-state index in [1.807, 2.05) is 48.5 Å². The lowest BCUT2D eigenvalue weighted by Crippen LogP contribution is -2.19. The van der Waals surface area contributed by atoms with Crippen LogP contribution in [0.4, 0.5) is 34.1 Å². The lowest BCUT2D eigenvalue weighted by Gasteiger charge is -2.30. The molecule has 10 aromatic carbocycles. The Morgan fingerprint density at radius 3 is 0.474 bits per heavy atom. The average molecular weight is 1030 g/mol. The summed E-state index contributed by atoms with van der Waals surface area (Å²) in [6.07, 6.45) is 0. The first-order valence-corrected chi connectivity index (χ1v) is 26.7. The lowest BCUT2D eigenvalue weighted by molar-refractivity contribution is 0.474. The molecule has 0 aliphatic rings. The van der Waals surface area contributed by atoms with Gasteiger partial charge in [0, 0.05) is 55.8 Å². The molecule has 0 aromatic heterocycles. The van der Waals surface area contributed by atoms with Gasteiger partial charge in [0.25, 0.3) is 0 Å². The second-order valence-corrected chi connectivity index (χ2v) is 22.6. The highest BCUT2D eigenvalue weighted by Gasteiger charge is 2.28. The summed E-state index contributed by atoms with van der Waals surface area (Å²) in [6.45, 7) is 17.7. The Morgan fingerprint density at radius 2 is 0.321 bits per heavy atom. The molecule has 0 heterocycles.